The minimum absolute atomic E-state index is 0.190. The molecule has 0 bridgehead atoms. The van der Waals surface area contributed by atoms with E-state index in [9.17, 15) is 17.6 Å². The van der Waals surface area contributed by atoms with Gasteiger partial charge in [-0.2, -0.15) is 0 Å². The van der Waals surface area contributed by atoms with Crippen LogP contribution in [0.5, 0.6) is 5.75 Å². The highest BCUT2D eigenvalue weighted by molar-refractivity contribution is 7.92. The molecule has 0 aromatic heterocycles. The van der Waals surface area contributed by atoms with Gasteiger partial charge in [0.2, 0.25) is 0 Å². The van der Waals surface area contributed by atoms with E-state index in [1.165, 1.54) is 25.1 Å². The summed E-state index contributed by atoms with van der Waals surface area (Å²) >= 11 is 0. The Morgan fingerprint density at radius 1 is 1.32 bits per heavy atom. The smallest absolute Gasteiger partial charge is 0.252 e. The summed E-state index contributed by atoms with van der Waals surface area (Å²) in [7, 11) is -3.76. The number of sulfone groups is 1. The van der Waals surface area contributed by atoms with Crippen LogP contribution in [0.4, 0.5) is 4.39 Å². The highest BCUT2D eigenvalue weighted by Crippen LogP contribution is 2.40. The number of rotatable bonds is 8. The Kier molecular flexibility index (Phi) is 7.56. The van der Waals surface area contributed by atoms with Gasteiger partial charge in [-0.25, -0.2) is 12.8 Å². The van der Waals surface area contributed by atoms with Gasteiger partial charge in [0, 0.05) is 50.0 Å². The molecule has 0 radical (unpaired) electrons. The lowest BCUT2D eigenvalue weighted by Crippen LogP contribution is -2.53. The summed E-state index contributed by atoms with van der Waals surface area (Å²) in [6.45, 7) is 9.07. The number of amides is 1. The molecule has 174 valence electrons. The van der Waals surface area contributed by atoms with Crippen LogP contribution in [0, 0.1) is 5.82 Å². The van der Waals surface area contributed by atoms with E-state index in [0.29, 0.717) is 44.0 Å². The van der Waals surface area contributed by atoms with Gasteiger partial charge in [0.05, 0.1) is 13.2 Å². The quantitative estimate of drug-likeness (QED) is 0.606. The number of benzene rings is 1. The molecule has 2 aliphatic heterocycles. The summed E-state index contributed by atoms with van der Waals surface area (Å²) < 4.78 is 50.7. The Morgan fingerprint density at radius 3 is 2.71 bits per heavy atom. The Labute approximate surface area is 183 Å². The van der Waals surface area contributed by atoms with Crippen LogP contribution >= 0.6 is 0 Å². The number of halogens is 1. The number of ether oxygens (including phenoxy) is 2. The normalized spacial score (nSPS) is 22.3. The fourth-order valence-corrected chi connectivity index (χ4v) is 5.04. The predicted molar refractivity (Wildman–Crippen MR) is 115 cm³/mol. The lowest BCUT2D eigenvalue weighted by atomic mass is 9.89. The van der Waals surface area contributed by atoms with E-state index in [1.807, 2.05) is 13.8 Å². The summed E-state index contributed by atoms with van der Waals surface area (Å²) in [5, 5.41) is 4.31. The van der Waals surface area contributed by atoms with Crippen molar-refractivity contribution in [1.29, 1.82) is 0 Å². The number of hydrogen-bond donors (Lipinski definition) is 2. The predicted octanol–water partition coefficient (Wildman–Crippen LogP) is 1.23. The first-order valence-electron chi connectivity index (χ1n) is 10.7. The molecule has 1 aromatic rings. The first-order chi connectivity index (χ1) is 14.6. The van der Waals surface area contributed by atoms with Gasteiger partial charge in [0.1, 0.15) is 17.2 Å². The van der Waals surface area contributed by atoms with Gasteiger partial charge < -0.3 is 14.8 Å². The molecule has 1 amide bonds. The molecule has 0 spiro atoms. The molecule has 2 N–H and O–H groups in total. The van der Waals surface area contributed by atoms with Crippen molar-refractivity contribution < 1.29 is 27.1 Å². The third-order valence-corrected chi connectivity index (χ3v) is 7.49. The summed E-state index contributed by atoms with van der Waals surface area (Å²) in [5.74, 6) is -0.754. The zero-order chi connectivity index (χ0) is 22.6. The summed E-state index contributed by atoms with van der Waals surface area (Å²) in [5.41, 5.74) is -0.0905. The summed E-state index contributed by atoms with van der Waals surface area (Å²) in [6, 6.07) is 3.61. The van der Waals surface area contributed by atoms with Crippen LogP contribution in [0.3, 0.4) is 0 Å². The third-order valence-electron chi connectivity index (χ3n) is 5.61. The van der Waals surface area contributed by atoms with E-state index in [2.05, 4.69) is 15.5 Å². The van der Waals surface area contributed by atoms with Crippen molar-refractivity contribution in [1.82, 2.24) is 15.5 Å². The number of hydrogen-bond acceptors (Lipinski definition) is 7. The molecular formula is C21H32FN3O5S. The molecule has 8 nitrogen and oxygen atoms in total. The van der Waals surface area contributed by atoms with Gasteiger partial charge in [0.15, 0.2) is 15.2 Å². The zero-order valence-electron chi connectivity index (χ0n) is 18.3. The Morgan fingerprint density at radius 2 is 2.03 bits per heavy atom. The van der Waals surface area contributed by atoms with Crippen molar-refractivity contribution in [2.45, 2.75) is 44.2 Å². The van der Waals surface area contributed by atoms with E-state index in [0.717, 1.165) is 13.1 Å². The van der Waals surface area contributed by atoms with Crippen molar-refractivity contribution >= 4 is 15.7 Å². The van der Waals surface area contributed by atoms with Crippen LogP contribution < -0.4 is 15.4 Å². The number of carbonyl (C=O) groups excluding carboxylic acids is 1. The fraction of sp³-hybridized carbons (Fsp3) is 0.667. The lowest BCUT2D eigenvalue weighted by Gasteiger charge is -2.39. The maximum Gasteiger partial charge on any atom is 0.252 e. The molecule has 31 heavy (non-hydrogen) atoms. The van der Waals surface area contributed by atoms with Crippen molar-refractivity contribution in [2.75, 3.05) is 45.1 Å². The number of nitrogens with one attached hydrogen (secondary N) is 2. The van der Waals surface area contributed by atoms with Gasteiger partial charge in [-0.1, -0.05) is 6.92 Å². The number of nitrogens with zero attached hydrogens (tertiary/aromatic N) is 1. The van der Waals surface area contributed by atoms with E-state index in [4.69, 9.17) is 9.47 Å². The third kappa shape index (κ3) is 6.15. The Hall–Kier alpha value is -1.75. The Bertz CT molecular complexity index is 887. The molecule has 10 heteroatoms. The van der Waals surface area contributed by atoms with Gasteiger partial charge in [-0.3, -0.25) is 15.0 Å². The van der Waals surface area contributed by atoms with Gasteiger partial charge in [0.25, 0.3) is 5.91 Å². The summed E-state index contributed by atoms with van der Waals surface area (Å²) in [6.07, 6.45) is 0.389. The maximum atomic E-state index is 13.9. The lowest BCUT2D eigenvalue weighted by molar-refractivity contribution is -0.121. The second-order valence-electron chi connectivity index (χ2n) is 8.54. The first kappa shape index (κ1) is 23.9. The topological polar surface area (TPSA) is 97.0 Å². The van der Waals surface area contributed by atoms with Crippen LogP contribution in [-0.4, -0.2) is 75.3 Å². The van der Waals surface area contributed by atoms with Gasteiger partial charge in [-0.15, -0.1) is 0 Å². The standard InChI is InChI=1S/C21H32FN3O5S/c1-4-31(27,28)20(19(26)23-7-8-25-9-11-29-12-10-25)24-17-14-21(2,3)30-18-6-5-15(22)13-16(17)18/h5-6,13,17,20,24H,4,7-12,14H2,1-3H3,(H,23,26). The zero-order valence-corrected chi connectivity index (χ0v) is 19.1. The molecular weight excluding hydrogens is 425 g/mol. The second kappa shape index (κ2) is 9.81. The minimum atomic E-state index is -3.76. The average molecular weight is 458 g/mol. The van der Waals surface area contributed by atoms with Gasteiger partial charge >= 0.3 is 0 Å². The van der Waals surface area contributed by atoms with E-state index in [-0.39, 0.29) is 5.75 Å². The number of carbonyl (C=O) groups is 1. The number of morpholine rings is 1. The van der Waals surface area contributed by atoms with E-state index < -0.39 is 38.6 Å². The molecule has 2 unspecified atom stereocenters. The molecule has 2 aliphatic rings. The first-order valence-corrected chi connectivity index (χ1v) is 12.4. The van der Waals surface area contributed by atoms with Crippen molar-refractivity contribution in [3.63, 3.8) is 0 Å². The van der Waals surface area contributed by atoms with Crippen molar-refractivity contribution in [3.05, 3.63) is 29.6 Å². The molecule has 1 aromatic carbocycles. The monoisotopic (exact) mass is 457 g/mol. The molecule has 0 aliphatic carbocycles. The average Bonchev–Trinajstić information content (AvgIpc) is 2.72. The largest absolute Gasteiger partial charge is 0.487 e. The maximum absolute atomic E-state index is 13.9. The molecule has 1 saturated heterocycles. The molecule has 2 atom stereocenters. The highest BCUT2D eigenvalue weighted by atomic mass is 32.2. The second-order valence-corrected chi connectivity index (χ2v) is 10.9. The van der Waals surface area contributed by atoms with Crippen molar-refractivity contribution in [2.24, 2.45) is 0 Å². The van der Waals surface area contributed by atoms with Crippen LogP contribution in [0.1, 0.15) is 38.8 Å². The van der Waals surface area contributed by atoms with E-state index >= 15 is 0 Å². The number of fused-ring (bicyclic) bond motifs is 1. The molecule has 3 rings (SSSR count). The van der Waals surface area contributed by atoms with Gasteiger partial charge in [-0.05, 0) is 32.0 Å². The van der Waals surface area contributed by atoms with Crippen LogP contribution in [0.2, 0.25) is 0 Å². The Balaban J connectivity index is 1.75. The van der Waals surface area contributed by atoms with Crippen LogP contribution in [0.15, 0.2) is 18.2 Å². The van der Waals surface area contributed by atoms with Crippen molar-refractivity contribution in [3.8, 4) is 5.75 Å². The van der Waals surface area contributed by atoms with Crippen LogP contribution in [-0.2, 0) is 19.4 Å². The minimum Gasteiger partial charge on any atom is -0.487 e. The molecule has 2 heterocycles. The molecule has 1 fully saturated rings. The van der Waals surface area contributed by atoms with Crippen LogP contribution in [0.25, 0.3) is 0 Å². The van der Waals surface area contributed by atoms with E-state index in [1.54, 1.807) is 0 Å². The SMILES string of the molecule is CCS(=O)(=O)C(NC1CC(C)(C)Oc2ccc(F)cc21)C(=O)NCCN1CCOCC1. The highest BCUT2D eigenvalue weighted by Gasteiger charge is 2.39. The summed E-state index contributed by atoms with van der Waals surface area (Å²) in [4.78, 5) is 15.1. The fourth-order valence-electron chi connectivity index (χ4n) is 3.92. The molecule has 0 saturated carbocycles.